The van der Waals surface area contributed by atoms with Gasteiger partial charge in [-0.25, -0.2) is 9.78 Å². The summed E-state index contributed by atoms with van der Waals surface area (Å²) in [5, 5.41) is 15.2. The number of carbonyl (C=O) groups is 2. The van der Waals surface area contributed by atoms with Gasteiger partial charge in [-0.1, -0.05) is 36.4 Å². The highest BCUT2D eigenvalue weighted by Gasteiger charge is 2.15. The van der Waals surface area contributed by atoms with Crippen molar-refractivity contribution < 1.29 is 18.4 Å². The Labute approximate surface area is 257 Å². The van der Waals surface area contributed by atoms with Crippen molar-refractivity contribution in [3.63, 3.8) is 0 Å². The minimum atomic E-state index is -0.718. The third-order valence-corrected chi connectivity index (χ3v) is 7.22. The number of fused-ring (bicyclic) bond motifs is 1. The Morgan fingerprint density at radius 1 is 0.800 bits per heavy atom. The molecule has 0 radical (unpaired) electrons. The highest BCUT2D eigenvalue weighted by atomic mass is 16.4. The third-order valence-electron chi connectivity index (χ3n) is 7.22. The zero-order valence-electron chi connectivity index (χ0n) is 24.2. The summed E-state index contributed by atoms with van der Waals surface area (Å²) in [6, 6.07) is 30.9. The first-order valence-electron chi connectivity index (χ1n) is 14.2. The number of amides is 2. The van der Waals surface area contributed by atoms with E-state index in [1.165, 1.54) is 6.07 Å². The Morgan fingerprint density at radius 2 is 1.51 bits per heavy atom. The van der Waals surface area contributed by atoms with Crippen LogP contribution in [0.2, 0.25) is 0 Å². The molecule has 6 rings (SSSR count). The van der Waals surface area contributed by atoms with E-state index in [4.69, 9.17) is 19.1 Å². The standard InChI is InChI=1S/C36H26N4O5/c1-22-4-7-27-18-29(36(43)45-33(27)17-22)35(42)39-15-14-38-34(41)26-12-10-24(11-13-26)28-19-30(25-8-5-23(21-37)6-9-25)40-31(20-28)32-3-2-16-44-32/h2-13,16-20H,14-15H2,1H3,(H,38,41)(H,39,42). The average Bonchev–Trinajstić information content (AvgIpc) is 3.61. The highest BCUT2D eigenvalue weighted by Crippen LogP contribution is 2.30. The minimum absolute atomic E-state index is 0.0954. The number of benzene rings is 3. The molecule has 2 amide bonds. The van der Waals surface area contributed by atoms with E-state index in [1.807, 2.05) is 55.5 Å². The molecule has 0 unspecified atom stereocenters. The van der Waals surface area contributed by atoms with Crippen LogP contribution in [0.15, 0.2) is 117 Å². The fourth-order valence-corrected chi connectivity index (χ4v) is 4.85. The normalized spacial score (nSPS) is 10.8. The van der Waals surface area contributed by atoms with Crippen LogP contribution in [0.5, 0.6) is 0 Å². The van der Waals surface area contributed by atoms with E-state index in [1.54, 1.807) is 48.7 Å². The van der Waals surface area contributed by atoms with E-state index < -0.39 is 11.5 Å². The summed E-state index contributed by atoms with van der Waals surface area (Å²) in [6.07, 6.45) is 1.59. The molecule has 3 heterocycles. The Balaban J connectivity index is 1.12. The number of pyridine rings is 1. The predicted octanol–water partition coefficient (Wildman–Crippen LogP) is 6.12. The Bertz CT molecular complexity index is 2130. The maximum absolute atomic E-state index is 12.8. The number of aromatic nitrogens is 1. The molecule has 2 N–H and O–H groups in total. The molecule has 45 heavy (non-hydrogen) atoms. The number of nitrogens with one attached hydrogen (secondary N) is 2. The van der Waals surface area contributed by atoms with E-state index in [0.29, 0.717) is 39.2 Å². The van der Waals surface area contributed by atoms with Crippen molar-refractivity contribution >= 4 is 22.8 Å². The second-order valence-electron chi connectivity index (χ2n) is 10.4. The number of nitriles is 1. The maximum Gasteiger partial charge on any atom is 0.349 e. The molecule has 0 spiro atoms. The van der Waals surface area contributed by atoms with Gasteiger partial charge in [0.25, 0.3) is 11.8 Å². The molecule has 0 fully saturated rings. The van der Waals surface area contributed by atoms with Crippen LogP contribution in [0, 0.1) is 18.3 Å². The van der Waals surface area contributed by atoms with Crippen LogP contribution in [-0.4, -0.2) is 29.9 Å². The van der Waals surface area contributed by atoms with Gasteiger partial charge >= 0.3 is 5.63 Å². The molecule has 3 aromatic carbocycles. The molecule has 0 aliphatic carbocycles. The number of furan rings is 1. The van der Waals surface area contributed by atoms with Crippen LogP contribution in [0.4, 0.5) is 0 Å². The van der Waals surface area contributed by atoms with Crippen LogP contribution in [0.25, 0.3) is 44.8 Å². The number of rotatable bonds is 8. The summed E-state index contributed by atoms with van der Waals surface area (Å²) in [5.41, 5.74) is 5.51. The van der Waals surface area contributed by atoms with Gasteiger partial charge in [0.15, 0.2) is 5.76 Å². The summed E-state index contributed by atoms with van der Waals surface area (Å²) in [5.74, 6) is -0.261. The lowest BCUT2D eigenvalue weighted by Crippen LogP contribution is -2.36. The van der Waals surface area contributed by atoms with Crippen LogP contribution in [0.1, 0.15) is 31.8 Å². The lowest BCUT2D eigenvalue weighted by Gasteiger charge is -2.10. The topological polar surface area (TPSA) is 138 Å². The van der Waals surface area contributed by atoms with Crippen molar-refractivity contribution in [1.82, 2.24) is 15.6 Å². The van der Waals surface area contributed by atoms with Crippen molar-refractivity contribution in [2.45, 2.75) is 6.92 Å². The van der Waals surface area contributed by atoms with Crippen molar-refractivity contribution in [3.8, 4) is 39.9 Å². The van der Waals surface area contributed by atoms with Gasteiger partial charge in [-0.15, -0.1) is 0 Å². The SMILES string of the molecule is Cc1ccc2cc(C(=O)NCCNC(=O)c3ccc(-c4cc(-c5ccc(C#N)cc5)nc(-c5ccco5)c4)cc3)c(=O)oc2c1. The van der Waals surface area contributed by atoms with Gasteiger partial charge in [-0.05, 0) is 84.3 Å². The molecule has 220 valence electrons. The second kappa shape index (κ2) is 12.5. The molecular formula is C36H26N4O5. The van der Waals surface area contributed by atoms with E-state index in [-0.39, 0.29) is 24.6 Å². The van der Waals surface area contributed by atoms with Crippen LogP contribution < -0.4 is 16.3 Å². The summed E-state index contributed by atoms with van der Waals surface area (Å²) < 4.78 is 10.9. The number of hydrogen-bond acceptors (Lipinski definition) is 7. The molecule has 0 atom stereocenters. The molecule has 0 saturated carbocycles. The highest BCUT2D eigenvalue weighted by molar-refractivity contribution is 5.97. The molecule has 9 nitrogen and oxygen atoms in total. The molecule has 0 bridgehead atoms. The van der Waals surface area contributed by atoms with Gasteiger partial charge < -0.3 is 19.5 Å². The summed E-state index contributed by atoms with van der Waals surface area (Å²) >= 11 is 0. The predicted molar refractivity (Wildman–Crippen MR) is 169 cm³/mol. The van der Waals surface area contributed by atoms with Gasteiger partial charge in [-0.3, -0.25) is 9.59 Å². The first kappa shape index (κ1) is 28.8. The third kappa shape index (κ3) is 6.40. The van der Waals surface area contributed by atoms with Gasteiger partial charge in [0, 0.05) is 29.6 Å². The number of hydrogen-bond donors (Lipinski definition) is 2. The quantitative estimate of drug-likeness (QED) is 0.160. The van der Waals surface area contributed by atoms with Crippen molar-refractivity contribution in [2.75, 3.05) is 13.1 Å². The maximum atomic E-state index is 12.8. The first-order valence-corrected chi connectivity index (χ1v) is 14.2. The van der Waals surface area contributed by atoms with Gasteiger partial charge in [0.05, 0.1) is 23.6 Å². The Morgan fingerprint density at radius 3 is 2.22 bits per heavy atom. The smallest absolute Gasteiger partial charge is 0.349 e. The van der Waals surface area contributed by atoms with Crippen LogP contribution >= 0.6 is 0 Å². The van der Waals surface area contributed by atoms with Crippen LogP contribution in [0.3, 0.4) is 0 Å². The first-order chi connectivity index (χ1) is 21.9. The largest absolute Gasteiger partial charge is 0.463 e. The number of aryl methyl sites for hydroxylation is 1. The number of nitrogens with zero attached hydrogens (tertiary/aromatic N) is 2. The van der Waals surface area contributed by atoms with E-state index in [9.17, 15) is 14.4 Å². The molecule has 9 heteroatoms. The van der Waals surface area contributed by atoms with Crippen LogP contribution in [-0.2, 0) is 0 Å². The fourth-order valence-electron chi connectivity index (χ4n) is 4.85. The van der Waals surface area contributed by atoms with Gasteiger partial charge in [0.1, 0.15) is 16.8 Å². The molecule has 6 aromatic rings. The second-order valence-corrected chi connectivity index (χ2v) is 10.4. The molecule has 0 aliphatic heterocycles. The lowest BCUT2D eigenvalue weighted by atomic mass is 10.00. The van der Waals surface area contributed by atoms with Gasteiger partial charge in [0.2, 0.25) is 0 Å². The van der Waals surface area contributed by atoms with Gasteiger partial charge in [-0.2, -0.15) is 5.26 Å². The zero-order valence-corrected chi connectivity index (χ0v) is 24.2. The lowest BCUT2D eigenvalue weighted by molar-refractivity contribution is 0.0925. The minimum Gasteiger partial charge on any atom is -0.463 e. The zero-order chi connectivity index (χ0) is 31.3. The van der Waals surface area contributed by atoms with E-state index >= 15 is 0 Å². The Kier molecular flexibility index (Phi) is 8.03. The fraction of sp³-hybridized carbons (Fsp3) is 0.0833. The van der Waals surface area contributed by atoms with E-state index in [2.05, 4.69) is 16.7 Å². The summed E-state index contributed by atoms with van der Waals surface area (Å²) in [7, 11) is 0. The van der Waals surface area contributed by atoms with Crippen molar-refractivity contribution in [2.24, 2.45) is 0 Å². The van der Waals surface area contributed by atoms with E-state index in [0.717, 1.165) is 22.3 Å². The number of carbonyl (C=O) groups excluding carboxylic acids is 2. The van der Waals surface area contributed by atoms with Crippen molar-refractivity contribution in [3.05, 3.63) is 136 Å². The summed E-state index contributed by atoms with van der Waals surface area (Å²) in [4.78, 5) is 42.5. The summed E-state index contributed by atoms with van der Waals surface area (Å²) in [6.45, 7) is 2.17. The molecule has 3 aromatic heterocycles. The molecule has 0 saturated heterocycles. The monoisotopic (exact) mass is 594 g/mol. The average molecular weight is 595 g/mol. The molecular weight excluding hydrogens is 568 g/mol. The molecule has 0 aliphatic rings. The Hall–Kier alpha value is -6.27. The van der Waals surface area contributed by atoms with Crippen molar-refractivity contribution in [1.29, 1.82) is 5.26 Å².